The zero-order chi connectivity index (χ0) is 23.4. The summed E-state index contributed by atoms with van der Waals surface area (Å²) in [5.41, 5.74) is 6.99. The normalized spacial score (nSPS) is 10.9. The molecule has 0 spiro atoms. The first-order valence-electron chi connectivity index (χ1n) is 9.77. The molecular formula is C23H17N5O4S. The van der Waals surface area contributed by atoms with Crippen molar-refractivity contribution in [2.24, 2.45) is 5.10 Å². The fraction of sp³-hybridized carbons (Fsp3) is 0.0435. The van der Waals surface area contributed by atoms with Crippen molar-refractivity contribution in [3.63, 3.8) is 0 Å². The van der Waals surface area contributed by atoms with E-state index in [1.165, 1.54) is 41.8 Å². The van der Waals surface area contributed by atoms with E-state index in [1.807, 2.05) is 31.2 Å². The molecule has 0 unspecified atom stereocenters. The number of benzene rings is 3. The first-order valence-corrected chi connectivity index (χ1v) is 10.6. The van der Waals surface area contributed by atoms with Crippen molar-refractivity contribution in [3.05, 3.63) is 104 Å². The maximum Gasteiger partial charge on any atom is 0.270 e. The van der Waals surface area contributed by atoms with Crippen LogP contribution in [0.1, 0.15) is 11.1 Å². The molecule has 0 aliphatic carbocycles. The Kier molecular flexibility index (Phi) is 6.18. The highest BCUT2D eigenvalue weighted by Gasteiger charge is 2.16. The van der Waals surface area contributed by atoms with Crippen molar-refractivity contribution in [1.29, 1.82) is 0 Å². The third-order valence-corrected chi connectivity index (χ3v) is 5.76. The fourth-order valence-corrected chi connectivity index (χ4v) is 4.03. The van der Waals surface area contributed by atoms with Crippen LogP contribution in [0.4, 0.5) is 16.5 Å². The lowest BCUT2D eigenvalue weighted by Gasteiger charge is -2.03. The van der Waals surface area contributed by atoms with E-state index in [0.717, 1.165) is 27.3 Å². The van der Waals surface area contributed by atoms with Gasteiger partial charge >= 0.3 is 0 Å². The van der Waals surface area contributed by atoms with E-state index in [9.17, 15) is 20.2 Å². The number of aryl methyl sites for hydroxylation is 1. The van der Waals surface area contributed by atoms with Gasteiger partial charge in [-0.05, 0) is 24.6 Å². The van der Waals surface area contributed by atoms with Gasteiger partial charge in [0, 0.05) is 35.4 Å². The van der Waals surface area contributed by atoms with Crippen molar-refractivity contribution in [1.82, 2.24) is 4.98 Å². The summed E-state index contributed by atoms with van der Waals surface area (Å²) < 4.78 is 0. The maximum absolute atomic E-state index is 11.0. The molecule has 4 rings (SSSR count). The molecule has 0 saturated heterocycles. The Morgan fingerprint density at radius 2 is 1.58 bits per heavy atom. The predicted molar refractivity (Wildman–Crippen MR) is 129 cm³/mol. The Bertz CT molecular complexity index is 1350. The standard InChI is InChI=1S/C23H17N5O4S/c1-15-5-7-17(8-6-15)21-22(18-9-11-19(12-10-18)27(29)30)33-23(25-21)26-24-14-16-3-2-4-20(13-16)28(31)32/h2-14H,1H3,(H,25,26)/b24-14-. The van der Waals surface area contributed by atoms with E-state index in [1.54, 1.807) is 24.3 Å². The number of aromatic nitrogens is 1. The van der Waals surface area contributed by atoms with Crippen LogP contribution in [0, 0.1) is 27.2 Å². The molecule has 0 fully saturated rings. The SMILES string of the molecule is Cc1ccc(-c2nc(N/N=C\c3cccc([N+](=O)[O-])c3)sc2-c2ccc([N+](=O)[O-])cc2)cc1. The largest absolute Gasteiger partial charge is 0.270 e. The summed E-state index contributed by atoms with van der Waals surface area (Å²) in [5, 5.41) is 26.6. The number of hydrazone groups is 1. The minimum atomic E-state index is -0.462. The number of nitro benzene ring substituents is 2. The van der Waals surface area contributed by atoms with Crippen LogP contribution in [0.3, 0.4) is 0 Å². The summed E-state index contributed by atoms with van der Waals surface area (Å²) in [5.74, 6) is 0. The molecule has 1 heterocycles. The minimum absolute atomic E-state index is 0.0139. The Labute approximate surface area is 192 Å². The maximum atomic E-state index is 11.0. The van der Waals surface area contributed by atoms with Crippen LogP contribution in [-0.4, -0.2) is 21.0 Å². The van der Waals surface area contributed by atoms with Crippen LogP contribution in [-0.2, 0) is 0 Å². The lowest BCUT2D eigenvalue weighted by Crippen LogP contribution is -1.92. The van der Waals surface area contributed by atoms with Gasteiger partial charge in [-0.1, -0.05) is 53.3 Å². The topological polar surface area (TPSA) is 124 Å². The first kappa shape index (κ1) is 21.8. The Morgan fingerprint density at radius 3 is 2.24 bits per heavy atom. The molecule has 0 bridgehead atoms. The second-order valence-electron chi connectivity index (χ2n) is 7.09. The quantitative estimate of drug-likeness (QED) is 0.204. The summed E-state index contributed by atoms with van der Waals surface area (Å²) in [6.07, 6.45) is 1.48. The van der Waals surface area contributed by atoms with Crippen molar-refractivity contribution >= 4 is 34.1 Å². The average molecular weight is 459 g/mol. The minimum Gasteiger partial charge on any atom is -0.258 e. The van der Waals surface area contributed by atoms with Crippen molar-refractivity contribution in [2.45, 2.75) is 6.92 Å². The van der Waals surface area contributed by atoms with Crippen LogP contribution >= 0.6 is 11.3 Å². The highest BCUT2D eigenvalue weighted by atomic mass is 32.1. The van der Waals surface area contributed by atoms with Crippen molar-refractivity contribution < 1.29 is 9.85 Å². The van der Waals surface area contributed by atoms with Gasteiger partial charge in [-0.15, -0.1) is 0 Å². The summed E-state index contributed by atoms with van der Waals surface area (Å²) in [6, 6.07) is 20.4. The third-order valence-electron chi connectivity index (χ3n) is 4.75. The molecule has 0 saturated carbocycles. The fourth-order valence-electron chi connectivity index (χ4n) is 3.09. The Morgan fingerprint density at radius 1 is 0.909 bits per heavy atom. The van der Waals surface area contributed by atoms with Gasteiger partial charge in [-0.3, -0.25) is 25.7 Å². The van der Waals surface area contributed by atoms with Crippen molar-refractivity contribution in [2.75, 3.05) is 5.43 Å². The van der Waals surface area contributed by atoms with Crippen LogP contribution < -0.4 is 5.43 Å². The van der Waals surface area contributed by atoms with E-state index in [-0.39, 0.29) is 11.4 Å². The summed E-state index contributed by atoms with van der Waals surface area (Å²) in [6.45, 7) is 2.00. The summed E-state index contributed by atoms with van der Waals surface area (Å²) in [7, 11) is 0. The van der Waals surface area contributed by atoms with Gasteiger partial charge < -0.3 is 0 Å². The zero-order valence-corrected chi connectivity index (χ0v) is 18.2. The predicted octanol–water partition coefficient (Wildman–Crippen LogP) is 6.05. The molecular weight excluding hydrogens is 442 g/mol. The Balaban J connectivity index is 1.66. The molecule has 10 heteroatoms. The molecule has 0 amide bonds. The van der Waals surface area contributed by atoms with Crippen LogP contribution in [0.25, 0.3) is 21.7 Å². The smallest absolute Gasteiger partial charge is 0.258 e. The van der Waals surface area contributed by atoms with Gasteiger partial charge in [0.2, 0.25) is 5.13 Å². The number of anilines is 1. The number of non-ortho nitro benzene ring substituents is 2. The van der Waals surface area contributed by atoms with E-state index < -0.39 is 9.85 Å². The monoisotopic (exact) mass is 459 g/mol. The van der Waals surface area contributed by atoms with Crippen LogP contribution in [0.5, 0.6) is 0 Å². The van der Waals surface area contributed by atoms with Crippen molar-refractivity contribution in [3.8, 4) is 21.7 Å². The van der Waals surface area contributed by atoms with Gasteiger partial charge in [-0.2, -0.15) is 5.10 Å². The number of hydrogen-bond acceptors (Lipinski definition) is 8. The number of hydrogen-bond donors (Lipinski definition) is 1. The number of nitrogens with one attached hydrogen (secondary N) is 1. The van der Waals surface area contributed by atoms with E-state index >= 15 is 0 Å². The molecule has 0 aliphatic heterocycles. The molecule has 33 heavy (non-hydrogen) atoms. The highest BCUT2D eigenvalue weighted by Crippen LogP contribution is 2.39. The van der Waals surface area contributed by atoms with Gasteiger partial charge in [-0.25, -0.2) is 4.98 Å². The first-order chi connectivity index (χ1) is 15.9. The number of nitrogens with zero attached hydrogens (tertiary/aromatic N) is 4. The van der Waals surface area contributed by atoms with E-state index in [4.69, 9.17) is 0 Å². The summed E-state index contributed by atoms with van der Waals surface area (Å²) in [4.78, 5) is 26.5. The molecule has 1 N–H and O–H groups in total. The van der Waals surface area contributed by atoms with Gasteiger partial charge in [0.25, 0.3) is 11.4 Å². The molecule has 0 atom stereocenters. The van der Waals surface area contributed by atoms with Gasteiger partial charge in [0.1, 0.15) is 0 Å². The molecule has 9 nitrogen and oxygen atoms in total. The molecule has 3 aromatic carbocycles. The second-order valence-corrected chi connectivity index (χ2v) is 8.09. The lowest BCUT2D eigenvalue weighted by atomic mass is 10.1. The van der Waals surface area contributed by atoms with E-state index in [0.29, 0.717) is 10.7 Å². The molecule has 4 aromatic rings. The van der Waals surface area contributed by atoms with Crippen LogP contribution in [0.2, 0.25) is 0 Å². The average Bonchev–Trinajstić information content (AvgIpc) is 3.24. The zero-order valence-electron chi connectivity index (χ0n) is 17.3. The highest BCUT2D eigenvalue weighted by molar-refractivity contribution is 7.19. The van der Waals surface area contributed by atoms with Crippen LogP contribution in [0.15, 0.2) is 77.9 Å². The molecule has 0 aliphatic rings. The van der Waals surface area contributed by atoms with E-state index in [2.05, 4.69) is 15.5 Å². The second kappa shape index (κ2) is 9.37. The molecule has 0 radical (unpaired) electrons. The number of thiazole rings is 1. The Hall–Kier alpha value is -4.44. The molecule has 164 valence electrons. The lowest BCUT2D eigenvalue weighted by molar-refractivity contribution is -0.385. The number of rotatable bonds is 7. The molecule has 1 aromatic heterocycles. The number of nitro groups is 2. The van der Waals surface area contributed by atoms with Gasteiger partial charge in [0.05, 0.1) is 26.6 Å². The third kappa shape index (κ3) is 5.08. The van der Waals surface area contributed by atoms with Gasteiger partial charge in [0.15, 0.2) is 0 Å². The summed E-state index contributed by atoms with van der Waals surface area (Å²) >= 11 is 1.36.